The van der Waals surface area contributed by atoms with Gasteiger partial charge in [0.25, 0.3) is 0 Å². The number of carbonyl (C=O) groups excluding carboxylic acids is 6. The van der Waals surface area contributed by atoms with Crippen molar-refractivity contribution in [3.63, 3.8) is 0 Å². The lowest BCUT2D eigenvalue weighted by Crippen LogP contribution is -2.56. The number of allylic oxidation sites excluding steroid dienone is 4. The van der Waals surface area contributed by atoms with Crippen molar-refractivity contribution in [2.24, 2.45) is 5.73 Å². The lowest BCUT2D eigenvalue weighted by atomic mass is 9.93. The van der Waals surface area contributed by atoms with Crippen molar-refractivity contribution in [1.29, 1.82) is 0 Å². The Bertz CT molecular complexity index is 2330. The van der Waals surface area contributed by atoms with Crippen LogP contribution in [0.1, 0.15) is 69.7 Å². The van der Waals surface area contributed by atoms with Crippen molar-refractivity contribution in [3.8, 4) is 22.6 Å². The summed E-state index contributed by atoms with van der Waals surface area (Å²) < 4.78 is 5.61. The highest BCUT2D eigenvalue weighted by Crippen LogP contribution is 2.39. The van der Waals surface area contributed by atoms with Crippen LogP contribution in [0, 0.1) is 0 Å². The number of ketones is 1. The largest absolute Gasteiger partial charge is 0.507 e. The molecule has 0 saturated heterocycles. The van der Waals surface area contributed by atoms with E-state index in [1.165, 1.54) is 58.2 Å². The minimum Gasteiger partial charge on any atom is -0.507 e. The molecule has 0 fully saturated rings. The average molecular weight is 899 g/mol. The number of fused-ring (bicyclic) bond motifs is 5. The lowest BCUT2D eigenvalue weighted by Gasteiger charge is -2.32. The van der Waals surface area contributed by atoms with Gasteiger partial charge in [0.15, 0.2) is 12.4 Å². The molecule has 4 rings (SSSR count). The predicted molar refractivity (Wildman–Crippen MR) is 242 cm³/mol. The van der Waals surface area contributed by atoms with Crippen LogP contribution in [0.3, 0.4) is 0 Å². The first-order chi connectivity index (χ1) is 30.3. The standard InChI is InChI=1S/C47H55ClN6O10/c1-7-31(32-14-17-34(48)18-15-32)13-11-26(2)43(59)52-37(10-8-9-21-49)47(63)54(6)42-33-16-19-39(56)35(24-33)36-22-30(12-20-40(36)64-25-41(57)58)23-38(45(61)50-27(3)29(5)55)53-44(60)28(4)51-46(42)62/h7,11-20,22,24,27-28,37-38,42,56H,1,8-10,21,23,25,49H2,2-6H3,(H,50,61)(H,51,62)(H,52,59)(H,53,60)(H,57,58)/b26-11+,31-13+/t27-,28-,37-,38-,42-/m0/s1. The zero-order valence-corrected chi connectivity index (χ0v) is 37.2. The van der Waals surface area contributed by atoms with Gasteiger partial charge in [-0.25, -0.2) is 4.79 Å². The third-order valence-electron chi connectivity index (χ3n) is 10.6. The molecule has 5 amide bonds. The Morgan fingerprint density at radius 2 is 1.67 bits per heavy atom. The van der Waals surface area contributed by atoms with Gasteiger partial charge in [0, 0.05) is 35.2 Å². The molecule has 340 valence electrons. The number of amides is 5. The van der Waals surface area contributed by atoms with E-state index in [9.17, 15) is 43.8 Å². The number of carbonyl (C=O) groups is 7. The number of phenols is 1. The Balaban J connectivity index is 1.80. The van der Waals surface area contributed by atoms with E-state index in [0.29, 0.717) is 35.5 Å². The fourth-order valence-electron chi connectivity index (χ4n) is 6.80. The van der Waals surface area contributed by atoms with Crippen molar-refractivity contribution in [1.82, 2.24) is 26.2 Å². The third-order valence-corrected chi connectivity index (χ3v) is 10.9. The summed E-state index contributed by atoms with van der Waals surface area (Å²) in [6.45, 7) is 9.19. The molecule has 3 aromatic rings. The molecule has 0 aromatic heterocycles. The second-order valence-corrected chi connectivity index (χ2v) is 15.9. The molecule has 0 unspecified atom stereocenters. The van der Waals surface area contributed by atoms with E-state index in [1.54, 1.807) is 43.4 Å². The molecule has 0 aliphatic carbocycles. The van der Waals surface area contributed by atoms with Gasteiger partial charge < -0.3 is 46.9 Å². The second kappa shape index (κ2) is 23.1. The highest BCUT2D eigenvalue weighted by atomic mass is 35.5. The van der Waals surface area contributed by atoms with Crippen LogP contribution in [-0.4, -0.2) is 101 Å². The van der Waals surface area contributed by atoms with Gasteiger partial charge in [-0.05, 0) is 112 Å². The first-order valence-corrected chi connectivity index (χ1v) is 21.0. The summed E-state index contributed by atoms with van der Waals surface area (Å²) in [5.41, 5.74) is 8.42. The number of nitrogens with two attached hydrogens (primary N) is 1. The van der Waals surface area contributed by atoms with Crippen molar-refractivity contribution >= 4 is 58.5 Å². The summed E-state index contributed by atoms with van der Waals surface area (Å²) in [6.07, 6.45) is 5.90. The van der Waals surface area contributed by atoms with Gasteiger partial charge in [-0.2, -0.15) is 0 Å². The molecule has 8 N–H and O–H groups in total. The van der Waals surface area contributed by atoms with Crippen LogP contribution in [0.5, 0.6) is 11.5 Å². The quantitative estimate of drug-likeness (QED) is 0.0577. The molecule has 4 bridgehead atoms. The molecule has 1 aliphatic rings. The van der Waals surface area contributed by atoms with Gasteiger partial charge in [-0.3, -0.25) is 28.8 Å². The molecule has 0 radical (unpaired) electrons. The molecule has 5 atom stereocenters. The number of aromatic hydroxyl groups is 1. The van der Waals surface area contributed by atoms with E-state index in [-0.39, 0.29) is 52.4 Å². The first-order valence-electron chi connectivity index (χ1n) is 20.6. The van der Waals surface area contributed by atoms with Crippen molar-refractivity contribution in [2.75, 3.05) is 20.2 Å². The summed E-state index contributed by atoms with van der Waals surface area (Å²) in [5.74, 6) is -5.42. The number of carboxylic acids is 1. The van der Waals surface area contributed by atoms with E-state index < -0.39 is 72.3 Å². The van der Waals surface area contributed by atoms with E-state index in [2.05, 4.69) is 27.8 Å². The number of benzene rings is 3. The summed E-state index contributed by atoms with van der Waals surface area (Å²) in [6, 6.07) is 9.68. The van der Waals surface area contributed by atoms with Crippen LogP contribution in [0.15, 0.2) is 91.0 Å². The summed E-state index contributed by atoms with van der Waals surface area (Å²) >= 11 is 6.05. The highest BCUT2D eigenvalue weighted by Gasteiger charge is 2.36. The number of nitrogens with zero attached hydrogens (tertiary/aromatic N) is 1. The fraction of sp³-hybridized carbons (Fsp3) is 0.340. The molecule has 0 spiro atoms. The van der Waals surface area contributed by atoms with Crippen LogP contribution in [-0.2, 0) is 40.0 Å². The smallest absolute Gasteiger partial charge is 0.341 e. The topological polar surface area (TPSA) is 247 Å². The lowest BCUT2D eigenvalue weighted by molar-refractivity contribution is -0.142. The maximum Gasteiger partial charge on any atom is 0.341 e. The number of rotatable bonds is 17. The molecule has 17 heteroatoms. The molecule has 3 aromatic carbocycles. The number of hydrogen-bond acceptors (Lipinski definition) is 10. The SMILES string of the molecule is C=C/C(=C\C=C(/C)C(=O)N[C@@H](CCCCN)C(=O)N(C)[C@@H]1C(=O)N[C@@H](C)C(=O)N[C@H](C(=O)N[C@@H](C)C(C)=O)Cc2ccc(OCC(=O)O)c(c2)-c2cc1ccc2O)c1ccc(Cl)cc1. The molecule has 1 aliphatic heterocycles. The highest BCUT2D eigenvalue weighted by molar-refractivity contribution is 6.30. The van der Waals surface area contributed by atoms with Gasteiger partial charge in [0.1, 0.15) is 35.7 Å². The van der Waals surface area contributed by atoms with Gasteiger partial charge in [0.2, 0.25) is 29.5 Å². The Morgan fingerprint density at radius 3 is 2.31 bits per heavy atom. The van der Waals surface area contributed by atoms with E-state index >= 15 is 0 Å². The average Bonchev–Trinajstić information content (AvgIpc) is 3.25. The molecule has 64 heavy (non-hydrogen) atoms. The van der Waals surface area contributed by atoms with Crippen molar-refractivity contribution in [2.45, 2.75) is 83.6 Å². The number of nitrogens with one attached hydrogen (secondary N) is 4. The number of unbranched alkanes of at least 4 members (excludes halogenated alkanes) is 1. The van der Waals surface area contributed by atoms with E-state index in [0.717, 1.165) is 10.5 Å². The maximum atomic E-state index is 14.6. The zero-order valence-electron chi connectivity index (χ0n) is 36.4. The van der Waals surface area contributed by atoms with Crippen LogP contribution in [0.4, 0.5) is 0 Å². The Hall–Kier alpha value is -6.78. The minimum absolute atomic E-state index is 0.0225. The maximum absolute atomic E-state index is 14.6. The van der Waals surface area contributed by atoms with Crippen molar-refractivity contribution in [3.05, 3.63) is 113 Å². The Kier molecular flexibility index (Phi) is 18.0. The van der Waals surface area contributed by atoms with E-state index in [4.69, 9.17) is 22.1 Å². The third kappa shape index (κ3) is 13.4. The summed E-state index contributed by atoms with van der Waals surface area (Å²) in [7, 11) is 1.36. The van der Waals surface area contributed by atoms with Gasteiger partial charge in [0.05, 0.1) is 6.04 Å². The predicted octanol–water partition coefficient (Wildman–Crippen LogP) is 4.14. The Morgan fingerprint density at radius 1 is 0.969 bits per heavy atom. The van der Waals surface area contributed by atoms with Crippen LogP contribution in [0.25, 0.3) is 16.7 Å². The van der Waals surface area contributed by atoms with Gasteiger partial charge in [-0.1, -0.05) is 60.7 Å². The van der Waals surface area contributed by atoms with Crippen LogP contribution < -0.4 is 31.7 Å². The number of carboxylic acid groups (broad SMARTS) is 1. The van der Waals surface area contributed by atoms with Crippen molar-refractivity contribution < 1.29 is 48.5 Å². The minimum atomic E-state index is -1.49. The summed E-state index contributed by atoms with van der Waals surface area (Å²) in [5, 5.41) is 32.0. The molecule has 1 heterocycles. The van der Waals surface area contributed by atoms with Crippen LogP contribution in [0.2, 0.25) is 5.02 Å². The van der Waals surface area contributed by atoms with Gasteiger partial charge >= 0.3 is 5.97 Å². The molecular weight excluding hydrogens is 844 g/mol. The molecule has 16 nitrogen and oxygen atoms in total. The van der Waals surface area contributed by atoms with Crippen LogP contribution >= 0.6 is 11.6 Å². The second-order valence-electron chi connectivity index (χ2n) is 15.5. The number of halogens is 1. The Labute approximate surface area is 376 Å². The molecule has 0 saturated carbocycles. The normalized spacial score (nSPS) is 17.6. The zero-order chi connectivity index (χ0) is 47.2. The number of ether oxygens (including phenoxy) is 1. The fourth-order valence-corrected chi connectivity index (χ4v) is 6.92. The monoisotopic (exact) mass is 898 g/mol. The first kappa shape index (κ1) is 49.9. The number of phenolic OH excluding ortho intramolecular Hbond substituents is 1. The molecular formula is C47H55ClN6O10. The summed E-state index contributed by atoms with van der Waals surface area (Å²) in [4.78, 5) is 94.8. The van der Waals surface area contributed by atoms with Gasteiger partial charge in [-0.15, -0.1) is 0 Å². The number of Topliss-reactive ketones (excluding diaryl/α,β-unsaturated/α-hetero) is 1. The number of hydrogen-bond donors (Lipinski definition) is 7. The van der Waals surface area contributed by atoms with E-state index in [1.807, 2.05) is 12.1 Å². The number of aliphatic carboxylic acids is 1. The number of likely N-dealkylation sites (N-methyl/N-ethyl adjacent to an activating group) is 1.